The summed E-state index contributed by atoms with van der Waals surface area (Å²) in [5.41, 5.74) is -0.610. The van der Waals surface area contributed by atoms with Gasteiger partial charge in [0.15, 0.2) is 5.54 Å². The lowest BCUT2D eigenvalue weighted by molar-refractivity contribution is -0.141. The van der Waals surface area contributed by atoms with Crippen LogP contribution in [0.25, 0.3) is 0 Å². The summed E-state index contributed by atoms with van der Waals surface area (Å²) < 4.78 is 6.89. The summed E-state index contributed by atoms with van der Waals surface area (Å²) in [6, 6.07) is 0. The Labute approximate surface area is 123 Å². The highest BCUT2D eigenvalue weighted by Crippen LogP contribution is 2.45. The van der Waals surface area contributed by atoms with Gasteiger partial charge < -0.3 is 4.74 Å². The van der Waals surface area contributed by atoms with Gasteiger partial charge in [-0.05, 0) is 51.1 Å². The van der Waals surface area contributed by atoms with Crippen LogP contribution in [0.1, 0.15) is 24.1 Å². The van der Waals surface area contributed by atoms with E-state index in [4.69, 9.17) is 16.3 Å². The molecule has 0 unspecified atom stereocenters. The molecule has 2 aliphatic rings. The summed E-state index contributed by atoms with van der Waals surface area (Å²) in [6.45, 7) is 0. The monoisotopic (exact) mass is 397 g/mol. The fourth-order valence-corrected chi connectivity index (χ4v) is 4.33. The van der Waals surface area contributed by atoms with Gasteiger partial charge in [0.25, 0.3) is 0 Å². The first-order valence-electron chi connectivity index (χ1n) is 4.99. The number of carbonyl (C=O) groups excluding carboxylic acids is 1. The second-order valence-electron chi connectivity index (χ2n) is 4.02. The van der Waals surface area contributed by atoms with E-state index >= 15 is 0 Å². The lowest BCUT2D eigenvalue weighted by atomic mass is 9.78. The minimum atomic E-state index is -0.610. The van der Waals surface area contributed by atoms with Gasteiger partial charge in [-0.1, -0.05) is 11.6 Å². The van der Waals surface area contributed by atoms with E-state index in [0.29, 0.717) is 15.8 Å². The van der Waals surface area contributed by atoms with Gasteiger partial charge in [-0.2, -0.15) is 0 Å². The Bertz CT molecular complexity index is 551. The largest absolute Gasteiger partial charge is 0.404 e. The van der Waals surface area contributed by atoms with Crippen LogP contribution in [0.2, 0.25) is 5.02 Å². The van der Waals surface area contributed by atoms with Crippen molar-refractivity contribution in [1.29, 1.82) is 0 Å². The maximum absolute atomic E-state index is 11.8. The van der Waals surface area contributed by atoms with E-state index in [1.807, 2.05) is 0 Å². The third kappa shape index (κ3) is 1.72. The van der Waals surface area contributed by atoms with E-state index in [1.165, 1.54) is 11.3 Å². The first-order chi connectivity index (χ1) is 8.03. The number of halogens is 3. The van der Waals surface area contributed by atoms with Crippen LogP contribution in [0.4, 0.5) is 0 Å². The Morgan fingerprint density at radius 3 is 2.53 bits per heavy atom. The summed E-state index contributed by atoms with van der Waals surface area (Å²) in [6.07, 6.45) is 2.58. The number of thiophene rings is 1. The Kier molecular flexibility index (Phi) is 2.89. The molecular weight excluding hydrogens is 393 g/mol. The number of ether oxygens (including phenoxy) is 1. The smallest absolute Gasteiger partial charge is 0.340 e. The number of nitrogens with zero attached hydrogens (tertiary/aromatic N) is 1. The standard InChI is InChI=1S/C10H6Br2ClNO2S/c11-4-5(13)6(17-7(4)12)8-14-10(2-1-3-10)9(15)16-8/h1-3H2. The number of cyclic esters (lactones) is 1. The molecule has 1 aliphatic heterocycles. The SMILES string of the molecule is O=C1OC(c2sc(Br)c(Br)c2Cl)=NC12CCC2. The summed E-state index contributed by atoms with van der Waals surface area (Å²) in [4.78, 5) is 16.9. The van der Waals surface area contributed by atoms with E-state index in [0.717, 1.165) is 27.5 Å². The number of hydrogen-bond donors (Lipinski definition) is 0. The normalized spacial score (nSPS) is 21.4. The fraction of sp³-hybridized carbons (Fsp3) is 0.400. The van der Waals surface area contributed by atoms with Crippen LogP contribution in [-0.4, -0.2) is 17.4 Å². The molecule has 0 saturated heterocycles. The number of rotatable bonds is 1. The minimum Gasteiger partial charge on any atom is -0.404 e. The first kappa shape index (κ1) is 12.1. The van der Waals surface area contributed by atoms with Crippen molar-refractivity contribution in [3.05, 3.63) is 18.2 Å². The zero-order chi connectivity index (χ0) is 12.2. The van der Waals surface area contributed by atoms with Gasteiger partial charge in [0.05, 0.1) is 13.3 Å². The molecular formula is C10H6Br2ClNO2S. The average Bonchev–Trinajstić information content (AvgIpc) is 2.71. The van der Waals surface area contributed by atoms with Crippen molar-refractivity contribution in [2.24, 2.45) is 4.99 Å². The molecule has 90 valence electrons. The molecule has 2 heterocycles. The maximum atomic E-state index is 11.8. The van der Waals surface area contributed by atoms with Crippen LogP contribution in [-0.2, 0) is 9.53 Å². The quantitative estimate of drug-likeness (QED) is 0.666. The van der Waals surface area contributed by atoms with Gasteiger partial charge >= 0.3 is 5.97 Å². The Balaban J connectivity index is 2.03. The molecule has 1 aromatic heterocycles. The number of hydrogen-bond acceptors (Lipinski definition) is 4. The summed E-state index contributed by atoms with van der Waals surface area (Å²) in [5.74, 6) is 0.117. The fourth-order valence-electron chi connectivity index (χ4n) is 1.87. The lowest BCUT2D eigenvalue weighted by Crippen LogP contribution is -2.40. The van der Waals surface area contributed by atoms with Crippen LogP contribution in [0.5, 0.6) is 0 Å². The Morgan fingerprint density at radius 1 is 1.41 bits per heavy atom. The number of aliphatic imine (C=N–C) groups is 1. The lowest BCUT2D eigenvalue weighted by Gasteiger charge is -2.30. The Morgan fingerprint density at radius 2 is 2.12 bits per heavy atom. The van der Waals surface area contributed by atoms with Gasteiger partial charge in [-0.15, -0.1) is 11.3 Å². The van der Waals surface area contributed by atoms with Crippen LogP contribution >= 0.6 is 54.8 Å². The van der Waals surface area contributed by atoms with Gasteiger partial charge in [-0.3, -0.25) is 0 Å². The van der Waals surface area contributed by atoms with Crippen LogP contribution in [0, 0.1) is 0 Å². The molecule has 17 heavy (non-hydrogen) atoms. The molecule has 1 aliphatic carbocycles. The van der Waals surface area contributed by atoms with Crippen LogP contribution < -0.4 is 0 Å². The maximum Gasteiger partial charge on any atom is 0.340 e. The predicted molar refractivity (Wildman–Crippen MR) is 73.9 cm³/mol. The highest BCUT2D eigenvalue weighted by atomic mass is 79.9. The van der Waals surface area contributed by atoms with Gasteiger partial charge in [0.1, 0.15) is 4.88 Å². The van der Waals surface area contributed by atoms with Crippen molar-refractivity contribution >= 4 is 66.7 Å². The molecule has 1 aromatic rings. The van der Waals surface area contributed by atoms with Crippen LogP contribution in [0.15, 0.2) is 13.3 Å². The molecule has 0 bridgehead atoms. The van der Waals surface area contributed by atoms with Gasteiger partial charge in [0, 0.05) is 0 Å². The van der Waals surface area contributed by atoms with E-state index in [-0.39, 0.29) is 5.97 Å². The molecule has 7 heteroatoms. The molecule has 0 aromatic carbocycles. The third-order valence-electron chi connectivity index (χ3n) is 3.02. The van der Waals surface area contributed by atoms with Crippen molar-refractivity contribution in [2.75, 3.05) is 0 Å². The van der Waals surface area contributed by atoms with Crippen molar-refractivity contribution in [1.82, 2.24) is 0 Å². The topological polar surface area (TPSA) is 38.7 Å². The summed E-state index contributed by atoms with van der Waals surface area (Å²) >= 11 is 14.3. The van der Waals surface area contributed by atoms with Crippen molar-refractivity contribution < 1.29 is 9.53 Å². The molecule has 1 saturated carbocycles. The van der Waals surface area contributed by atoms with Crippen molar-refractivity contribution in [2.45, 2.75) is 24.8 Å². The zero-order valence-corrected chi connectivity index (χ0v) is 13.2. The molecule has 1 fully saturated rings. The van der Waals surface area contributed by atoms with Crippen molar-refractivity contribution in [3.63, 3.8) is 0 Å². The Hall–Kier alpha value is 0.0900. The highest BCUT2D eigenvalue weighted by molar-refractivity contribution is 9.13. The van der Waals surface area contributed by atoms with Gasteiger partial charge in [-0.25, -0.2) is 9.79 Å². The molecule has 3 nitrogen and oxygen atoms in total. The molecule has 0 radical (unpaired) electrons. The summed E-state index contributed by atoms with van der Waals surface area (Å²) in [7, 11) is 0. The van der Waals surface area contributed by atoms with E-state index in [9.17, 15) is 4.79 Å². The van der Waals surface area contributed by atoms with Crippen LogP contribution in [0.3, 0.4) is 0 Å². The van der Waals surface area contributed by atoms with E-state index in [2.05, 4.69) is 36.9 Å². The third-order valence-corrected chi connectivity index (χ3v) is 7.17. The molecule has 1 spiro atoms. The molecule has 0 atom stereocenters. The second-order valence-corrected chi connectivity index (χ2v) is 7.53. The van der Waals surface area contributed by atoms with E-state index in [1.54, 1.807) is 0 Å². The predicted octanol–water partition coefficient (Wildman–Crippen LogP) is 4.15. The number of esters is 1. The molecule has 0 amide bonds. The highest BCUT2D eigenvalue weighted by Gasteiger charge is 2.51. The first-order valence-corrected chi connectivity index (χ1v) is 7.77. The number of carbonyl (C=O) groups is 1. The second kappa shape index (κ2) is 4.05. The molecule has 3 rings (SSSR count). The molecule has 0 N–H and O–H groups in total. The average molecular weight is 399 g/mol. The van der Waals surface area contributed by atoms with Crippen molar-refractivity contribution in [3.8, 4) is 0 Å². The minimum absolute atomic E-state index is 0.240. The zero-order valence-electron chi connectivity index (χ0n) is 8.43. The van der Waals surface area contributed by atoms with E-state index < -0.39 is 5.54 Å². The summed E-state index contributed by atoms with van der Waals surface area (Å²) in [5, 5.41) is 0.532. The van der Waals surface area contributed by atoms with Gasteiger partial charge in [0.2, 0.25) is 5.90 Å².